The van der Waals surface area contributed by atoms with E-state index < -0.39 is 35.6 Å². The topological polar surface area (TPSA) is 108 Å². The van der Waals surface area contributed by atoms with Gasteiger partial charge >= 0.3 is 6.09 Å². The van der Waals surface area contributed by atoms with Gasteiger partial charge in [-0.1, -0.05) is 62.4 Å². The van der Waals surface area contributed by atoms with Crippen LogP contribution in [0.25, 0.3) is 0 Å². The van der Waals surface area contributed by atoms with E-state index in [2.05, 4.69) is 29.5 Å². The van der Waals surface area contributed by atoms with E-state index in [9.17, 15) is 19.5 Å². The van der Waals surface area contributed by atoms with E-state index in [-0.39, 0.29) is 12.2 Å². The van der Waals surface area contributed by atoms with Gasteiger partial charge in [0.05, 0.1) is 0 Å². The van der Waals surface area contributed by atoms with Gasteiger partial charge in [-0.15, -0.1) is 6.42 Å². The monoisotopic (exact) mass is 531 g/mol. The summed E-state index contributed by atoms with van der Waals surface area (Å²) < 4.78 is 5.38. The number of rotatable bonds is 11. The fraction of sp³-hybridized carbons (Fsp3) is 0.387. The SMILES string of the molecule is C#Cc1ccccc1C(C(=O)NCCCCC)N(C#C)C(=O)C(Cc1ccc(O)cc1)NC(=O)OC(C)(C)C. The van der Waals surface area contributed by atoms with Crippen LogP contribution in [0.4, 0.5) is 4.79 Å². The Morgan fingerprint density at radius 3 is 2.31 bits per heavy atom. The Morgan fingerprint density at radius 1 is 1.05 bits per heavy atom. The molecule has 0 bridgehead atoms. The molecule has 2 aromatic rings. The Labute approximate surface area is 231 Å². The van der Waals surface area contributed by atoms with Gasteiger partial charge in [-0.3, -0.25) is 14.5 Å². The van der Waals surface area contributed by atoms with E-state index in [0.29, 0.717) is 23.2 Å². The maximum absolute atomic E-state index is 14.0. The standard InChI is InChI=1S/C31H37N3O5/c1-7-10-13-20-32-28(36)27(25-15-12-11-14-23(25)8-2)34(9-3)29(37)26(33-30(38)39-31(4,5)6)21-22-16-18-24(35)19-17-22/h2-3,11-12,14-19,26-27,35H,7,10,13,20-21H2,1,4-6H3,(H,32,36)(H,33,38). The molecule has 8 heteroatoms. The molecule has 0 aliphatic rings. The largest absolute Gasteiger partial charge is 0.508 e. The normalized spacial score (nSPS) is 12.3. The minimum absolute atomic E-state index is 0.0260. The third-order valence-electron chi connectivity index (χ3n) is 5.74. The van der Waals surface area contributed by atoms with Gasteiger partial charge in [-0.25, -0.2) is 4.79 Å². The van der Waals surface area contributed by atoms with E-state index in [1.807, 2.05) is 0 Å². The number of nitrogens with one attached hydrogen (secondary N) is 2. The van der Waals surface area contributed by atoms with Crippen LogP contribution in [0.3, 0.4) is 0 Å². The quantitative estimate of drug-likeness (QED) is 0.228. The van der Waals surface area contributed by atoms with Crippen LogP contribution in [0.15, 0.2) is 48.5 Å². The first-order valence-corrected chi connectivity index (χ1v) is 12.9. The first-order valence-electron chi connectivity index (χ1n) is 12.9. The Balaban J connectivity index is 2.49. The zero-order valence-corrected chi connectivity index (χ0v) is 23.0. The van der Waals surface area contributed by atoms with Crippen LogP contribution < -0.4 is 10.6 Å². The minimum atomic E-state index is -1.24. The molecule has 0 fully saturated rings. The molecule has 0 aromatic heterocycles. The molecule has 2 rings (SSSR count). The van der Waals surface area contributed by atoms with Crippen molar-refractivity contribution in [2.75, 3.05) is 6.54 Å². The van der Waals surface area contributed by atoms with Crippen LogP contribution in [0.2, 0.25) is 0 Å². The summed E-state index contributed by atoms with van der Waals surface area (Å²) in [7, 11) is 0. The van der Waals surface area contributed by atoms with Gasteiger partial charge in [0, 0.05) is 30.1 Å². The van der Waals surface area contributed by atoms with Crippen molar-refractivity contribution in [2.45, 2.75) is 71.1 Å². The summed E-state index contributed by atoms with van der Waals surface area (Å²) in [6.45, 7) is 7.56. The van der Waals surface area contributed by atoms with Gasteiger partial charge in [0.2, 0.25) is 5.91 Å². The number of phenols is 1. The summed E-state index contributed by atoms with van der Waals surface area (Å²) >= 11 is 0. The van der Waals surface area contributed by atoms with E-state index in [0.717, 1.165) is 24.2 Å². The highest BCUT2D eigenvalue weighted by atomic mass is 16.6. The average Bonchev–Trinajstić information content (AvgIpc) is 2.89. The minimum Gasteiger partial charge on any atom is -0.508 e. The molecule has 39 heavy (non-hydrogen) atoms. The van der Waals surface area contributed by atoms with Crippen molar-refractivity contribution < 1.29 is 24.2 Å². The van der Waals surface area contributed by atoms with Crippen LogP contribution in [0, 0.1) is 24.8 Å². The second-order valence-electron chi connectivity index (χ2n) is 10.0. The summed E-state index contributed by atoms with van der Waals surface area (Å²) in [6, 6.07) is 12.9. The highest BCUT2D eigenvalue weighted by molar-refractivity contribution is 5.93. The number of unbranched alkanes of at least 4 members (excludes halogenated alkanes) is 2. The van der Waals surface area contributed by atoms with E-state index in [1.165, 1.54) is 12.1 Å². The predicted octanol–water partition coefficient (Wildman–Crippen LogP) is 4.28. The molecule has 0 spiro atoms. The Kier molecular flexibility index (Phi) is 11.4. The number of terminal acetylenes is 2. The number of amides is 3. The summed E-state index contributed by atoms with van der Waals surface area (Å²) in [5.41, 5.74) is 0.632. The van der Waals surface area contributed by atoms with Crippen molar-refractivity contribution in [1.82, 2.24) is 15.5 Å². The molecule has 8 nitrogen and oxygen atoms in total. The lowest BCUT2D eigenvalue weighted by molar-refractivity contribution is -0.138. The van der Waals surface area contributed by atoms with Crippen molar-refractivity contribution in [1.29, 1.82) is 0 Å². The second-order valence-corrected chi connectivity index (χ2v) is 10.0. The molecule has 0 radical (unpaired) electrons. The predicted molar refractivity (Wildman–Crippen MR) is 150 cm³/mol. The van der Waals surface area contributed by atoms with Gasteiger partial charge in [0.25, 0.3) is 5.91 Å². The van der Waals surface area contributed by atoms with Crippen molar-refractivity contribution in [3.63, 3.8) is 0 Å². The van der Waals surface area contributed by atoms with Crippen molar-refractivity contribution >= 4 is 17.9 Å². The van der Waals surface area contributed by atoms with Crippen molar-refractivity contribution in [3.8, 4) is 30.6 Å². The van der Waals surface area contributed by atoms with Gasteiger partial charge in [-0.2, -0.15) is 0 Å². The molecular weight excluding hydrogens is 494 g/mol. The number of carbonyl (C=O) groups excluding carboxylic acids is 3. The number of hydrogen-bond acceptors (Lipinski definition) is 5. The van der Waals surface area contributed by atoms with Crippen LogP contribution >= 0.6 is 0 Å². The average molecular weight is 532 g/mol. The Hall–Kier alpha value is -4.43. The number of hydrogen-bond donors (Lipinski definition) is 3. The van der Waals surface area contributed by atoms with Gasteiger partial charge in [0.15, 0.2) is 0 Å². The van der Waals surface area contributed by atoms with Gasteiger partial charge in [-0.05, 0) is 51.0 Å². The molecule has 0 saturated carbocycles. The highest BCUT2D eigenvalue weighted by Gasteiger charge is 2.36. The molecular formula is C31H37N3O5. The number of alkyl carbamates (subject to hydrolysis) is 1. The van der Waals surface area contributed by atoms with Crippen molar-refractivity contribution in [2.24, 2.45) is 0 Å². The van der Waals surface area contributed by atoms with Crippen LogP contribution in [-0.4, -0.2) is 46.1 Å². The number of benzene rings is 2. The Morgan fingerprint density at radius 2 is 1.72 bits per heavy atom. The smallest absolute Gasteiger partial charge is 0.408 e. The van der Waals surface area contributed by atoms with Gasteiger partial charge in [0.1, 0.15) is 23.4 Å². The van der Waals surface area contributed by atoms with E-state index in [1.54, 1.807) is 57.2 Å². The summed E-state index contributed by atoms with van der Waals surface area (Å²) in [6.07, 6.45) is 13.4. The third-order valence-corrected chi connectivity index (χ3v) is 5.74. The van der Waals surface area contributed by atoms with Crippen molar-refractivity contribution in [3.05, 3.63) is 65.2 Å². The molecule has 0 saturated heterocycles. The summed E-state index contributed by atoms with van der Waals surface area (Å²) in [4.78, 5) is 41.1. The molecule has 206 valence electrons. The zero-order valence-electron chi connectivity index (χ0n) is 23.0. The second kappa shape index (κ2) is 14.5. The number of ether oxygens (including phenoxy) is 1. The lowest BCUT2D eigenvalue weighted by Gasteiger charge is -2.31. The number of phenolic OH excluding ortho intramolecular Hbond substituents is 1. The molecule has 3 N–H and O–H groups in total. The lowest BCUT2D eigenvalue weighted by atomic mass is 9.97. The van der Waals surface area contributed by atoms with E-state index in [4.69, 9.17) is 17.6 Å². The molecule has 2 atom stereocenters. The zero-order chi connectivity index (χ0) is 29.0. The highest BCUT2D eigenvalue weighted by Crippen LogP contribution is 2.26. The fourth-order valence-corrected chi connectivity index (χ4v) is 3.90. The first kappa shape index (κ1) is 30.8. The molecule has 0 heterocycles. The fourth-order valence-electron chi connectivity index (χ4n) is 3.90. The maximum Gasteiger partial charge on any atom is 0.408 e. The lowest BCUT2D eigenvalue weighted by Crippen LogP contribution is -2.52. The van der Waals surface area contributed by atoms with E-state index >= 15 is 0 Å². The Bertz CT molecular complexity index is 1220. The number of nitrogens with zero attached hydrogens (tertiary/aromatic N) is 1. The van der Waals surface area contributed by atoms with Crippen LogP contribution in [0.5, 0.6) is 5.75 Å². The number of carbonyl (C=O) groups is 3. The number of aromatic hydroxyl groups is 1. The van der Waals surface area contributed by atoms with Gasteiger partial charge < -0.3 is 20.5 Å². The molecule has 2 unspecified atom stereocenters. The molecule has 3 amide bonds. The molecule has 0 aliphatic carbocycles. The van der Waals surface area contributed by atoms with Crippen LogP contribution in [-0.2, 0) is 20.7 Å². The maximum atomic E-state index is 14.0. The van der Waals surface area contributed by atoms with Crippen LogP contribution in [0.1, 0.15) is 69.7 Å². The molecule has 0 aliphatic heterocycles. The summed E-state index contributed by atoms with van der Waals surface area (Å²) in [5.74, 6) is 1.43. The summed E-state index contributed by atoms with van der Waals surface area (Å²) in [5, 5.41) is 15.1. The third kappa shape index (κ3) is 9.43. The first-order chi connectivity index (χ1) is 18.5. The molecule has 2 aromatic carbocycles.